The standard InChI is InChI=1S/C12H17NO4S/c1-8(10(14)15)13(9-6-5-7-18-9)11(16)17-12(2,3)4/h5-8H,1-4H3,(H,14,15)/t8-/m0/s1/i2D. The molecule has 1 N–H and O–H groups in total. The van der Waals surface area contributed by atoms with E-state index in [1.165, 1.54) is 18.3 Å². The summed E-state index contributed by atoms with van der Waals surface area (Å²) in [4.78, 5) is 24.3. The van der Waals surface area contributed by atoms with Crippen LogP contribution in [0.1, 0.15) is 29.0 Å². The molecule has 1 rings (SSSR count). The van der Waals surface area contributed by atoms with Crippen molar-refractivity contribution < 1.29 is 20.8 Å². The number of carboxylic acids is 1. The maximum atomic E-state index is 12.1. The molecule has 0 aromatic carbocycles. The lowest BCUT2D eigenvalue weighted by molar-refractivity contribution is -0.138. The molecule has 1 amide bonds. The van der Waals surface area contributed by atoms with Crippen molar-refractivity contribution >= 4 is 28.4 Å². The molecular weight excluding hydrogens is 254 g/mol. The van der Waals surface area contributed by atoms with Crippen LogP contribution in [0.15, 0.2) is 17.5 Å². The molecule has 6 heteroatoms. The van der Waals surface area contributed by atoms with Gasteiger partial charge >= 0.3 is 12.1 Å². The van der Waals surface area contributed by atoms with E-state index in [1.807, 2.05) is 0 Å². The summed E-state index contributed by atoms with van der Waals surface area (Å²) in [6, 6.07) is 2.34. The van der Waals surface area contributed by atoms with Crippen molar-refractivity contribution in [2.75, 3.05) is 4.90 Å². The third-order valence-electron chi connectivity index (χ3n) is 2.05. The number of anilines is 1. The fourth-order valence-electron chi connectivity index (χ4n) is 1.24. The minimum absolute atomic E-state index is 0.0987. The van der Waals surface area contributed by atoms with E-state index in [2.05, 4.69) is 0 Å². The molecule has 1 heterocycles. The number of amides is 1. The number of carbonyl (C=O) groups excluding carboxylic acids is 1. The highest BCUT2D eigenvalue weighted by Gasteiger charge is 2.31. The summed E-state index contributed by atoms with van der Waals surface area (Å²) in [6.07, 6.45) is -0.755. The maximum Gasteiger partial charge on any atom is 0.416 e. The van der Waals surface area contributed by atoms with Crippen molar-refractivity contribution in [2.45, 2.75) is 39.3 Å². The Bertz CT molecular complexity index is 447. The Morgan fingerprint density at radius 1 is 1.61 bits per heavy atom. The fourth-order valence-corrected chi connectivity index (χ4v) is 2.04. The predicted molar refractivity (Wildman–Crippen MR) is 70.1 cm³/mol. The Labute approximate surface area is 111 Å². The third kappa shape index (κ3) is 3.73. The molecule has 100 valence electrons. The lowest BCUT2D eigenvalue weighted by Gasteiger charge is -2.28. The molecule has 0 bridgehead atoms. The van der Waals surface area contributed by atoms with E-state index in [0.29, 0.717) is 5.00 Å². The van der Waals surface area contributed by atoms with Crippen LogP contribution in [0.2, 0.25) is 0 Å². The Morgan fingerprint density at radius 2 is 2.28 bits per heavy atom. The number of rotatable bonds is 3. The molecule has 18 heavy (non-hydrogen) atoms. The molecule has 5 nitrogen and oxygen atoms in total. The Hall–Kier alpha value is -1.56. The molecule has 1 aromatic rings. The van der Waals surface area contributed by atoms with Gasteiger partial charge in [0.1, 0.15) is 16.6 Å². The number of ether oxygens (including phenoxy) is 1. The van der Waals surface area contributed by atoms with Crippen LogP contribution >= 0.6 is 11.3 Å². The summed E-state index contributed by atoms with van der Waals surface area (Å²) < 4.78 is 12.5. The van der Waals surface area contributed by atoms with Gasteiger partial charge in [-0.05, 0) is 45.2 Å². The van der Waals surface area contributed by atoms with E-state index >= 15 is 0 Å². The molecule has 0 saturated heterocycles. The number of hydrogen-bond acceptors (Lipinski definition) is 4. The summed E-state index contributed by atoms with van der Waals surface area (Å²) in [7, 11) is 0. The quantitative estimate of drug-likeness (QED) is 0.918. The van der Waals surface area contributed by atoms with Gasteiger partial charge in [0.15, 0.2) is 0 Å². The van der Waals surface area contributed by atoms with Crippen molar-refractivity contribution in [3.05, 3.63) is 17.5 Å². The van der Waals surface area contributed by atoms with Gasteiger partial charge in [0.2, 0.25) is 0 Å². The van der Waals surface area contributed by atoms with E-state index in [1.54, 1.807) is 31.4 Å². The number of nitrogens with zero attached hydrogens (tertiary/aromatic N) is 1. The van der Waals surface area contributed by atoms with Gasteiger partial charge < -0.3 is 9.84 Å². The first-order valence-electron chi connectivity index (χ1n) is 6.07. The fraction of sp³-hybridized carbons (Fsp3) is 0.500. The van der Waals surface area contributed by atoms with Crippen LogP contribution in [-0.4, -0.2) is 28.8 Å². The molecule has 0 aliphatic heterocycles. The van der Waals surface area contributed by atoms with Gasteiger partial charge in [0, 0.05) is 1.37 Å². The van der Waals surface area contributed by atoms with Crippen molar-refractivity contribution in [3.8, 4) is 0 Å². The Balaban J connectivity index is 2.98. The molecule has 0 aliphatic carbocycles. The molecular formula is C12H17NO4S. The number of aliphatic carboxylic acids is 1. The molecule has 0 radical (unpaired) electrons. The summed E-state index contributed by atoms with van der Waals surface area (Å²) >= 11 is 1.25. The van der Waals surface area contributed by atoms with Crippen LogP contribution in [0.3, 0.4) is 0 Å². The normalized spacial score (nSPS) is 13.6. The van der Waals surface area contributed by atoms with E-state index in [4.69, 9.17) is 11.2 Å². The van der Waals surface area contributed by atoms with E-state index in [-0.39, 0.29) is 6.90 Å². The van der Waals surface area contributed by atoms with Crippen LogP contribution in [0.25, 0.3) is 0 Å². The van der Waals surface area contributed by atoms with Gasteiger partial charge in [0.05, 0.1) is 0 Å². The zero-order chi connectivity index (χ0) is 14.6. The largest absolute Gasteiger partial charge is 0.480 e. The monoisotopic (exact) mass is 272 g/mol. The maximum absolute atomic E-state index is 12.1. The summed E-state index contributed by atoms with van der Waals surface area (Å²) in [5, 5.41) is 11.3. The average molecular weight is 272 g/mol. The highest BCUT2D eigenvalue weighted by atomic mass is 32.1. The van der Waals surface area contributed by atoms with Crippen LogP contribution in [0.5, 0.6) is 0 Å². The molecule has 0 fully saturated rings. The molecule has 1 aromatic heterocycles. The summed E-state index contributed by atoms with van der Waals surface area (Å²) in [6.45, 7) is 4.53. The van der Waals surface area contributed by atoms with Gasteiger partial charge in [-0.1, -0.05) is 0 Å². The van der Waals surface area contributed by atoms with Gasteiger partial charge in [0.25, 0.3) is 0 Å². The van der Waals surface area contributed by atoms with Gasteiger partial charge in [-0.25, -0.2) is 9.59 Å². The first-order valence-corrected chi connectivity index (χ1v) is 6.24. The van der Waals surface area contributed by atoms with Crippen molar-refractivity contribution in [2.24, 2.45) is 0 Å². The van der Waals surface area contributed by atoms with Crippen molar-refractivity contribution in [1.82, 2.24) is 0 Å². The van der Waals surface area contributed by atoms with Gasteiger partial charge in [-0.3, -0.25) is 4.90 Å². The minimum Gasteiger partial charge on any atom is -0.480 e. The van der Waals surface area contributed by atoms with E-state index < -0.39 is 23.7 Å². The Morgan fingerprint density at radius 3 is 2.72 bits per heavy atom. The second-order valence-electron chi connectivity index (χ2n) is 4.46. The average Bonchev–Trinajstić information content (AvgIpc) is 2.82. The van der Waals surface area contributed by atoms with Crippen LogP contribution in [-0.2, 0) is 9.53 Å². The second kappa shape index (κ2) is 5.39. The number of carboxylic acid groups (broad SMARTS) is 1. The SMILES string of the molecule is [2H]CC(C)(C)OC(=O)N(c1cccs1)[C@@H](C)C(=O)O. The van der Waals surface area contributed by atoms with Crippen molar-refractivity contribution in [3.63, 3.8) is 0 Å². The Kier molecular flexibility index (Phi) is 3.86. The first kappa shape index (κ1) is 12.9. The molecule has 0 saturated carbocycles. The molecule has 0 spiro atoms. The van der Waals surface area contributed by atoms with Crippen LogP contribution in [0, 0.1) is 0 Å². The van der Waals surface area contributed by atoms with E-state index in [0.717, 1.165) is 4.90 Å². The molecule has 0 aliphatic rings. The lowest BCUT2D eigenvalue weighted by atomic mass is 10.2. The van der Waals surface area contributed by atoms with Gasteiger partial charge in [-0.15, -0.1) is 11.3 Å². The minimum atomic E-state index is -1.12. The van der Waals surface area contributed by atoms with Crippen molar-refractivity contribution in [1.29, 1.82) is 0 Å². The summed E-state index contributed by atoms with van der Waals surface area (Å²) in [5.41, 5.74) is -0.954. The zero-order valence-electron chi connectivity index (χ0n) is 11.5. The molecule has 0 unspecified atom stereocenters. The van der Waals surface area contributed by atoms with Crippen LogP contribution in [0.4, 0.5) is 9.80 Å². The zero-order valence-corrected chi connectivity index (χ0v) is 11.4. The third-order valence-corrected chi connectivity index (χ3v) is 2.92. The lowest BCUT2D eigenvalue weighted by Crippen LogP contribution is -2.45. The first-order chi connectivity index (χ1) is 8.78. The van der Waals surface area contributed by atoms with Gasteiger partial charge in [-0.2, -0.15) is 0 Å². The predicted octanol–water partition coefficient (Wildman–Crippen LogP) is 2.96. The highest BCUT2D eigenvalue weighted by molar-refractivity contribution is 7.14. The smallest absolute Gasteiger partial charge is 0.416 e. The molecule has 1 atom stereocenters. The van der Waals surface area contributed by atoms with E-state index in [9.17, 15) is 9.59 Å². The number of hydrogen-bond donors (Lipinski definition) is 1. The second-order valence-corrected chi connectivity index (χ2v) is 5.39. The number of carbonyl (C=O) groups is 2. The highest BCUT2D eigenvalue weighted by Crippen LogP contribution is 2.25. The topological polar surface area (TPSA) is 66.8 Å². The summed E-state index contributed by atoms with van der Waals surface area (Å²) in [5.74, 6) is -1.12. The number of thiophene rings is 1. The van der Waals surface area contributed by atoms with Crippen LogP contribution < -0.4 is 4.90 Å².